The van der Waals surface area contributed by atoms with E-state index in [1.807, 2.05) is 0 Å². The van der Waals surface area contributed by atoms with Crippen LogP contribution in [0, 0.1) is 0 Å². The number of esters is 1. The third-order valence-corrected chi connectivity index (χ3v) is 3.33. The summed E-state index contributed by atoms with van der Waals surface area (Å²) in [5, 5.41) is 0. The van der Waals surface area contributed by atoms with Gasteiger partial charge < -0.3 is 21.1 Å². The molecular weight excluding hydrogens is 258 g/mol. The summed E-state index contributed by atoms with van der Waals surface area (Å²) < 4.78 is 5.01. The lowest BCUT2D eigenvalue weighted by molar-refractivity contribution is -0.135. The molecule has 0 aromatic heterocycles. The number of nitrogen functional groups attached to an aromatic ring is 2. The van der Waals surface area contributed by atoms with Crippen LogP contribution in [0.5, 0.6) is 0 Å². The number of hydrogen-bond acceptors (Lipinski definition) is 5. The van der Waals surface area contributed by atoms with Crippen molar-refractivity contribution in [3.8, 4) is 0 Å². The Bertz CT molecular complexity index is 510. The lowest BCUT2D eigenvalue weighted by Gasteiger charge is -2.26. The van der Waals surface area contributed by atoms with Gasteiger partial charge in [0.2, 0.25) is 0 Å². The molecule has 1 aliphatic heterocycles. The normalized spacial score (nSPS) is 14.9. The van der Waals surface area contributed by atoms with Gasteiger partial charge in [0, 0.05) is 24.5 Å². The van der Waals surface area contributed by atoms with Crippen molar-refractivity contribution in [3.63, 3.8) is 0 Å². The van der Waals surface area contributed by atoms with Gasteiger partial charge in [0.25, 0.3) is 5.91 Å². The summed E-state index contributed by atoms with van der Waals surface area (Å²) in [6.45, 7) is 1.23. The first-order chi connectivity index (χ1) is 9.58. The number of amides is 1. The first-order valence-corrected chi connectivity index (χ1v) is 6.68. The third-order valence-electron chi connectivity index (χ3n) is 3.33. The second-order valence-corrected chi connectivity index (χ2v) is 4.86. The van der Waals surface area contributed by atoms with Crippen molar-refractivity contribution >= 4 is 23.3 Å². The zero-order chi connectivity index (χ0) is 14.5. The van der Waals surface area contributed by atoms with Gasteiger partial charge in [-0.15, -0.1) is 0 Å². The molecule has 1 aliphatic rings. The summed E-state index contributed by atoms with van der Waals surface area (Å²) in [5.74, 6) is -0.764. The summed E-state index contributed by atoms with van der Waals surface area (Å²) in [7, 11) is 0. The zero-order valence-electron chi connectivity index (χ0n) is 11.3. The van der Waals surface area contributed by atoms with E-state index < -0.39 is 5.97 Å². The number of ether oxygens (including phenoxy) is 1. The Labute approximate surface area is 117 Å². The Hall–Kier alpha value is -2.24. The summed E-state index contributed by atoms with van der Waals surface area (Å²) in [6, 6.07) is 4.56. The fourth-order valence-corrected chi connectivity index (χ4v) is 2.21. The summed E-state index contributed by atoms with van der Waals surface area (Å²) in [4.78, 5) is 25.4. The second kappa shape index (κ2) is 6.27. The summed E-state index contributed by atoms with van der Waals surface area (Å²) in [5.41, 5.74) is 12.2. The zero-order valence-corrected chi connectivity index (χ0v) is 11.3. The van der Waals surface area contributed by atoms with Crippen LogP contribution in [0.4, 0.5) is 11.4 Å². The molecule has 1 fully saturated rings. The van der Waals surface area contributed by atoms with E-state index in [1.54, 1.807) is 11.0 Å². The van der Waals surface area contributed by atoms with Crippen LogP contribution in [0.2, 0.25) is 0 Å². The highest BCUT2D eigenvalue weighted by Crippen LogP contribution is 2.17. The molecule has 4 N–H and O–H groups in total. The molecule has 1 aromatic carbocycles. The Morgan fingerprint density at radius 2 is 1.85 bits per heavy atom. The molecule has 0 saturated carbocycles. The van der Waals surface area contributed by atoms with Crippen LogP contribution in [0.25, 0.3) is 0 Å². The van der Waals surface area contributed by atoms with Crippen molar-refractivity contribution in [3.05, 3.63) is 23.8 Å². The van der Waals surface area contributed by atoms with Crippen LogP contribution >= 0.6 is 0 Å². The predicted octanol–water partition coefficient (Wildman–Crippen LogP) is 1.02. The van der Waals surface area contributed by atoms with Crippen LogP contribution in [-0.2, 0) is 9.53 Å². The van der Waals surface area contributed by atoms with E-state index in [0.29, 0.717) is 5.69 Å². The molecule has 20 heavy (non-hydrogen) atoms. The quantitative estimate of drug-likeness (QED) is 0.635. The number of likely N-dealkylation sites (tertiary alicyclic amines) is 1. The lowest BCUT2D eigenvalue weighted by atomic mass is 10.1. The average Bonchev–Trinajstić information content (AvgIpc) is 2.45. The molecule has 0 aliphatic carbocycles. The van der Waals surface area contributed by atoms with E-state index in [2.05, 4.69) is 0 Å². The minimum absolute atomic E-state index is 0.160. The van der Waals surface area contributed by atoms with Crippen molar-refractivity contribution in [2.45, 2.75) is 19.3 Å². The number of nitrogens with two attached hydrogens (primary N) is 2. The van der Waals surface area contributed by atoms with Gasteiger partial charge >= 0.3 is 5.97 Å². The number of hydrogen-bond donors (Lipinski definition) is 2. The molecule has 2 rings (SSSR count). The van der Waals surface area contributed by atoms with Gasteiger partial charge in [-0.3, -0.25) is 4.79 Å². The molecular formula is C14H19N3O3. The highest BCUT2D eigenvalue weighted by Gasteiger charge is 2.19. The molecule has 108 valence electrons. The van der Waals surface area contributed by atoms with E-state index in [9.17, 15) is 9.59 Å². The Kier molecular flexibility index (Phi) is 4.45. The standard InChI is InChI=1S/C14H19N3O3/c15-10-4-5-11(12(16)8-10)14(19)20-9-13(18)17-6-2-1-3-7-17/h4-5,8H,1-3,6-7,9,15-16H2. The lowest BCUT2D eigenvalue weighted by Crippen LogP contribution is -2.38. The van der Waals surface area contributed by atoms with Gasteiger partial charge in [-0.2, -0.15) is 0 Å². The fourth-order valence-electron chi connectivity index (χ4n) is 2.21. The number of piperidine rings is 1. The maximum absolute atomic E-state index is 11.9. The minimum atomic E-state index is -0.604. The van der Waals surface area contributed by atoms with Crippen LogP contribution in [0.1, 0.15) is 29.6 Å². The molecule has 1 aromatic rings. The molecule has 6 heteroatoms. The Morgan fingerprint density at radius 1 is 1.15 bits per heavy atom. The smallest absolute Gasteiger partial charge is 0.340 e. The average molecular weight is 277 g/mol. The monoisotopic (exact) mass is 277 g/mol. The first kappa shape index (κ1) is 14.2. The second-order valence-electron chi connectivity index (χ2n) is 4.86. The molecule has 1 saturated heterocycles. The van der Waals surface area contributed by atoms with Crippen molar-refractivity contribution < 1.29 is 14.3 Å². The van der Waals surface area contributed by atoms with E-state index in [0.717, 1.165) is 32.4 Å². The highest BCUT2D eigenvalue weighted by molar-refractivity contribution is 5.96. The van der Waals surface area contributed by atoms with Crippen molar-refractivity contribution in [2.24, 2.45) is 0 Å². The van der Waals surface area contributed by atoms with Crippen LogP contribution in [0.3, 0.4) is 0 Å². The number of nitrogens with zero attached hydrogens (tertiary/aromatic N) is 1. The van der Waals surface area contributed by atoms with Crippen LogP contribution in [-0.4, -0.2) is 36.5 Å². The van der Waals surface area contributed by atoms with Crippen molar-refractivity contribution in [2.75, 3.05) is 31.2 Å². The number of carbonyl (C=O) groups is 2. The van der Waals surface area contributed by atoms with Gasteiger partial charge in [0.1, 0.15) is 0 Å². The van der Waals surface area contributed by atoms with Crippen molar-refractivity contribution in [1.82, 2.24) is 4.90 Å². The Balaban J connectivity index is 1.89. The first-order valence-electron chi connectivity index (χ1n) is 6.68. The van der Waals surface area contributed by atoms with Gasteiger partial charge in [-0.05, 0) is 37.5 Å². The highest BCUT2D eigenvalue weighted by atomic mass is 16.5. The minimum Gasteiger partial charge on any atom is -0.452 e. The molecule has 0 bridgehead atoms. The summed E-state index contributed by atoms with van der Waals surface area (Å²) >= 11 is 0. The third kappa shape index (κ3) is 3.40. The van der Waals surface area contributed by atoms with Gasteiger partial charge in [-0.1, -0.05) is 0 Å². The molecule has 0 atom stereocenters. The molecule has 6 nitrogen and oxygen atoms in total. The van der Waals surface area contributed by atoms with Crippen molar-refractivity contribution in [1.29, 1.82) is 0 Å². The predicted molar refractivity (Wildman–Crippen MR) is 76.0 cm³/mol. The number of anilines is 2. The molecule has 1 heterocycles. The number of rotatable bonds is 3. The Morgan fingerprint density at radius 3 is 2.50 bits per heavy atom. The van der Waals surface area contributed by atoms with E-state index in [1.165, 1.54) is 12.1 Å². The van der Waals surface area contributed by atoms with Crippen LogP contribution < -0.4 is 11.5 Å². The maximum atomic E-state index is 11.9. The SMILES string of the molecule is Nc1ccc(C(=O)OCC(=O)N2CCCCC2)c(N)c1. The van der Waals surface area contributed by atoms with E-state index in [4.69, 9.17) is 16.2 Å². The largest absolute Gasteiger partial charge is 0.452 e. The molecule has 1 amide bonds. The molecule has 0 unspecified atom stereocenters. The topological polar surface area (TPSA) is 98.7 Å². The van der Waals surface area contributed by atoms with E-state index >= 15 is 0 Å². The number of carbonyl (C=O) groups excluding carboxylic acids is 2. The maximum Gasteiger partial charge on any atom is 0.340 e. The van der Waals surface area contributed by atoms with Gasteiger partial charge in [0.05, 0.1) is 5.56 Å². The molecule has 0 radical (unpaired) electrons. The summed E-state index contributed by atoms with van der Waals surface area (Å²) in [6.07, 6.45) is 3.15. The van der Waals surface area contributed by atoms with E-state index in [-0.39, 0.29) is 23.8 Å². The fraction of sp³-hybridized carbons (Fsp3) is 0.429. The number of benzene rings is 1. The van der Waals surface area contributed by atoms with Gasteiger partial charge in [-0.25, -0.2) is 4.79 Å². The van der Waals surface area contributed by atoms with Crippen LogP contribution in [0.15, 0.2) is 18.2 Å². The molecule has 0 spiro atoms. The van der Waals surface area contributed by atoms with Gasteiger partial charge in [0.15, 0.2) is 6.61 Å².